The molecular formula is C31H27ClF4N6O4. The van der Waals surface area contributed by atoms with Crippen molar-refractivity contribution in [3.8, 4) is 6.07 Å². The third-order valence-electron chi connectivity index (χ3n) is 7.79. The Kier molecular flexibility index (Phi) is 9.71. The van der Waals surface area contributed by atoms with E-state index in [0.29, 0.717) is 6.07 Å². The summed E-state index contributed by atoms with van der Waals surface area (Å²) in [7, 11) is 0. The lowest BCUT2D eigenvalue weighted by atomic mass is 9.91. The Balaban J connectivity index is 1.56. The molecule has 15 heteroatoms. The quantitative estimate of drug-likeness (QED) is 0.301. The summed E-state index contributed by atoms with van der Waals surface area (Å²) in [6.07, 6.45) is -1.00. The number of carbonyl (C=O) groups is 3. The summed E-state index contributed by atoms with van der Waals surface area (Å²) in [6.45, 7) is -0.0828. The maximum absolute atomic E-state index is 14.6. The first kappa shape index (κ1) is 32.6. The van der Waals surface area contributed by atoms with Gasteiger partial charge in [0.15, 0.2) is 0 Å². The predicted octanol–water partition coefficient (Wildman–Crippen LogP) is 5.85. The van der Waals surface area contributed by atoms with Crippen molar-refractivity contribution >= 4 is 41.1 Å². The van der Waals surface area contributed by atoms with Crippen LogP contribution in [-0.2, 0) is 14.3 Å². The molecule has 1 aliphatic heterocycles. The van der Waals surface area contributed by atoms with Gasteiger partial charge in [0.2, 0.25) is 23.7 Å². The molecule has 2 fully saturated rings. The minimum atomic E-state index is -2.87. The van der Waals surface area contributed by atoms with Crippen molar-refractivity contribution in [1.82, 2.24) is 15.3 Å². The number of aromatic nitrogens is 2. The molecule has 10 nitrogen and oxygen atoms in total. The van der Waals surface area contributed by atoms with Crippen LogP contribution in [0.15, 0.2) is 54.7 Å². The molecule has 1 aromatic heterocycles. The standard InChI is InChI=1S/C31H27ClF4N6O4/c32-25-4-2-1-3-24(25)27(28(44)39-20-5-9-31(35,36)10-6-20)41(23-14-18(33)13-19(34)15-23)26(43)16-22-8-12-46-30(45)42(22)29-38-11-7-21(17-37)40-29/h1-4,7,11,13-15,20,22,27H,5-6,8-10,12,16H2,(H,39,44)/t22-,27-/m0/s1. The molecule has 2 aliphatic rings. The maximum Gasteiger partial charge on any atom is 0.416 e. The fraction of sp³-hybridized carbons (Fsp3) is 0.355. The van der Waals surface area contributed by atoms with E-state index in [1.54, 1.807) is 12.1 Å². The van der Waals surface area contributed by atoms with E-state index in [0.717, 1.165) is 21.9 Å². The van der Waals surface area contributed by atoms with Gasteiger partial charge >= 0.3 is 6.09 Å². The molecule has 0 bridgehead atoms. The van der Waals surface area contributed by atoms with Crippen LogP contribution in [0.3, 0.4) is 0 Å². The van der Waals surface area contributed by atoms with Crippen molar-refractivity contribution in [2.45, 2.75) is 62.6 Å². The number of cyclic esters (lactones) is 1. The van der Waals surface area contributed by atoms with Crippen molar-refractivity contribution in [2.75, 3.05) is 16.4 Å². The molecule has 1 saturated carbocycles. The number of halogens is 5. The first-order valence-electron chi connectivity index (χ1n) is 14.4. The number of anilines is 2. The molecule has 3 aromatic rings. The molecule has 0 radical (unpaired) electrons. The van der Waals surface area contributed by atoms with E-state index in [4.69, 9.17) is 16.3 Å². The summed E-state index contributed by atoms with van der Waals surface area (Å²) < 4.78 is 62.1. The predicted molar refractivity (Wildman–Crippen MR) is 157 cm³/mol. The van der Waals surface area contributed by atoms with Crippen LogP contribution in [0, 0.1) is 23.0 Å². The van der Waals surface area contributed by atoms with Crippen LogP contribution in [0.2, 0.25) is 5.02 Å². The number of benzene rings is 2. The third-order valence-corrected chi connectivity index (χ3v) is 8.13. The zero-order valence-electron chi connectivity index (χ0n) is 24.1. The molecule has 2 atom stereocenters. The lowest BCUT2D eigenvalue weighted by molar-refractivity contribution is -0.128. The highest BCUT2D eigenvalue weighted by molar-refractivity contribution is 6.31. The maximum atomic E-state index is 14.6. The van der Waals surface area contributed by atoms with Crippen LogP contribution in [0.1, 0.15) is 55.8 Å². The van der Waals surface area contributed by atoms with Gasteiger partial charge in [0, 0.05) is 54.6 Å². The fourth-order valence-corrected chi connectivity index (χ4v) is 5.81. The number of alkyl halides is 2. The van der Waals surface area contributed by atoms with Crippen LogP contribution in [0.5, 0.6) is 0 Å². The van der Waals surface area contributed by atoms with Crippen molar-refractivity contribution < 1.29 is 36.7 Å². The third kappa shape index (κ3) is 7.37. The van der Waals surface area contributed by atoms with Gasteiger partial charge in [-0.05, 0) is 37.1 Å². The van der Waals surface area contributed by atoms with E-state index in [1.165, 1.54) is 24.4 Å². The number of nitrogens with zero attached hydrogens (tertiary/aromatic N) is 5. The molecule has 0 unspecified atom stereocenters. The number of ether oxygens (including phenoxy) is 1. The SMILES string of the molecule is N#Cc1ccnc(N2C(=O)OCC[C@H]2CC(=O)N(c2cc(F)cc(F)c2)[C@H](C(=O)NC2CCC(F)(F)CC2)c2ccccc2Cl)n1. The Morgan fingerprint density at radius 3 is 2.50 bits per heavy atom. The van der Waals surface area contributed by atoms with E-state index in [2.05, 4.69) is 15.3 Å². The summed E-state index contributed by atoms with van der Waals surface area (Å²) >= 11 is 6.51. The molecule has 240 valence electrons. The number of hydrogen-bond acceptors (Lipinski definition) is 7. The average molecular weight is 659 g/mol. The summed E-state index contributed by atoms with van der Waals surface area (Å²) in [4.78, 5) is 51.2. The van der Waals surface area contributed by atoms with Gasteiger partial charge in [-0.1, -0.05) is 29.8 Å². The van der Waals surface area contributed by atoms with Crippen LogP contribution in [0.4, 0.5) is 34.0 Å². The summed E-state index contributed by atoms with van der Waals surface area (Å²) in [5.74, 6) is -6.81. The topological polar surface area (TPSA) is 129 Å². The highest BCUT2D eigenvalue weighted by Crippen LogP contribution is 2.37. The van der Waals surface area contributed by atoms with E-state index in [-0.39, 0.29) is 53.8 Å². The normalized spacial score (nSPS) is 18.7. The van der Waals surface area contributed by atoms with Crippen LogP contribution in [0.25, 0.3) is 0 Å². The number of amides is 3. The summed E-state index contributed by atoms with van der Waals surface area (Å²) in [6, 6.07) is 8.32. The Morgan fingerprint density at radius 2 is 1.83 bits per heavy atom. The Bertz CT molecular complexity index is 1660. The molecule has 2 aromatic carbocycles. The zero-order valence-corrected chi connectivity index (χ0v) is 24.9. The van der Waals surface area contributed by atoms with Gasteiger partial charge in [-0.2, -0.15) is 5.26 Å². The largest absolute Gasteiger partial charge is 0.449 e. The number of hydrogen-bond donors (Lipinski definition) is 1. The second-order valence-electron chi connectivity index (χ2n) is 10.9. The molecular weight excluding hydrogens is 632 g/mol. The highest BCUT2D eigenvalue weighted by atomic mass is 35.5. The second kappa shape index (κ2) is 13.7. The molecule has 1 N–H and O–H groups in total. The van der Waals surface area contributed by atoms with E-state index in [9.17, 15) is 37.2 Å². The fourth-order valence-electron chi connectivity index (χ4n) is 5.57. The molecule has 2 heterocycles. The highest BCUT2D eigenvalue weighted by Gasteiger charge is 2.41. The van der Waals surface area contributed by atoms with Crippen molar-refractivity contribution in [1.29, 1.82) is 5.26 Å². The lowest BCUT2D eigenvalue weighted by Gasteiger charge is -2.37. The Labute approximate surface area is 265 Å². The molecule has 1 aliphatic carbocycles. The number of rotatable bonds is 8. The summed E-state index contributed by atoms with van der Waals surface area (Å²) in [5, 5.41) is 12.1. The van der Waals surface area contributed by atoms with Gasteiger partial charge < -0.3 is 10.1 Å². The first-order chi connectivity index (χ1) is 22.0. The first-order valence-corrected chi connectivity index (χ1v) is 14.7. The minimum Gasteiger partial charge on any atom is -0.449 e. The zero-order chi connectivity index (χ0) is 33.0. The number of nitrogens with one attached hydrogen (secondary N) is 1. The van der Waals surface area contributed by atoms with Crippen LogP contribution in [-0.4, -0.2) is 52.5 Å². The molecule has 1 saturated heterocycles. The number of nitriles is 1. The van der Waals surface area contributed by atoms with Crippen LogP contribution >= 0.6 is 11.6 Å². The smallest absolute Gasteiger partial charge is 0.416 e. The van der Waals surface area contributed by atoms with Gasteiger partial charge in [0.25, 0.3) is 0 Å². The number of carbonyl (C=O) groups excluding carboxylic acids is 3. The Morgan fingerprint density at radius 1 is 1.13 bits per heavy atom. The van der Waals surface area contributed by atoms with Gasteiger partial charge in [-0.25, -0.2) is 37.2 Å². The van der Waals surface area contributed by atoms with Gasteiger partial charge in [-0.15, -0.1) is 0 Å². The van der Waals surface area contributed by atoms with Crippen molar-refractivity contribution in [2.24, 2.45) is 0 Å². The van der Waals surface area contributed by atoms with Gasteiger partial charge in [0.1, 0.15) is 29.4 Å². The van der Waals surface area contributed by atoms with Crippen molar-refractivity contribution in [3.05, 3.63) is 82.6 Å². The average Bonchev–Trinajstić information content (AvgIpc) is 3.01. The summed E-state index contributed by atoms with van der Waals surface area (Å²) in [5.41, 5.74) is -0.280. The molecule has 46 heavy (non-hydrogen) atoms. The van der Waals surface area contributed by atoms with Gasteiger partial charge in [-0.3, -0.25) is 14.5 Å². The van der Waals surface area contributed by atoms with E-state index < -0.39 is 72.9 Å². The lowest BCUT2D eigenvalue weighted by Crippen LogP contribution is -2.52. The molecule has 0 spiro atoms. The molecule has 5 rings (SSSR count). The minimum absolute atomic E-state index is 0.0303. The second-order valence-corrected chi connectivity index (χ2v) is 11.3. The Hall–Kier alpha value is -4.77. The van der Waals surface area contributed by atoms with Crippen LogP contribution < -0.4 is 15.1 Å². The van der Waals surface area contributed by atoms with E-state index >= 15 is 0 Å². The van der Waals surface area contributed by atoms with E-state index in [1.807, 2.05) is 6.07 Å². The van der Waals surface area contributed by atoms with Gasteiger partial charge in [0.05, 0.1) is 18.3 Å². The monoisotopic (exact) mass is 658 g/mol. The van der Waals surface area contributed by atoms with Crippen molar-refractivity contribution in [3.63, 3.8) is 0 Å². The molecule has 3 amide bonds.